The third-order valence-corrected chi connectivity index (χ3v) is 3.35. The monoisotopic (exact) mass is 199 g/mol. The van der Waals surface area contributed by atoms with Crippen molar-refractivity contribution in [2.45, 2.75) is 51.4 Å². The number of hydrogen-bond donors (Lipinski definition) is 0. The van der Waals surface area contributed by atoms with Crippen molar-refractivity contribution in [2.75, 3.05) is 5.88 Å². The maximum Gasteiger partial charge on any atom is 0.0689 e. The van der Waals surface area contributed by atoms with Crippen LogP contribution in [-0.4, -0.2) is 5.88 Å². The van der Waals surface area contributed by atoms with E-state index in [1.807, 2.05) is 0 Å². The van der Waals surface area contributed by atoms with Crippen molar-refractivity contribution in [1.29, 1.82) is 5.26 Å². The number of rotatable bonds is 4. The van der Waals surface area contributed by atoms with Gasteiger partial charge in [0.15, 0.2) is 0 Å². The van der Waals surface area contributed by atoms with Crippen LogP contribution in [0.3, 0.4) is 0 Å². The number of hydrogen-bond acceptors (Lipinski definition) is 1. The molecule has 1 rings (SSSR count). The molecule has 0 aliphatic heterocycles. The van der Waals surface area contributed by atoms with Gasteiger partial charge in [0.25, 0.3) is 0 Å². The summed E-state index contributed by atoms with van der Waals surface area (Å²) in [6, 6.07) is 2.53. The van der Waals surface area contributed by atoms with Gasteiger partial charge in [-0.05, 0) is 25.7 Å². The summed E-state index contributed by atoms with van der Waals surface area (Å²) in [5, 5.41) is 9.16. The summed E-state index contributed by atoms with van der Waals surface area (Å²) in [5.41, 5.74) is 0.0182. The number of alkyl halides is 1. The smallest absolute Gasteiger partial charge is 0.0689 e. The molecule has 2 heteroatoms. The quantitative estimate of drug-likeness (QED) is 0.498. The summed E-state index contributed by atoms with van der Waals surface area (Å²) in [4.78, 5) is 0. The summed E-state index contributed by atoms with van der Waals surface area (Å²) < 4.78 is 0. The van der Waals surface area contributed by atoms with Crippen LogP contribution in [0.15, 0.2) is 0 Å². The van der Waals surface area contributed by atoms with E-state index in [1.54, 1.807) is 0 Å². The number of nitrogens with zero attached hydrogens (tertiary/aromatic N) is 1. The fraction of sp³-hybridized carbons (Fsp3) is 0.909. The standard InChI is InChI=1S/C11H18ClN/c12-9-5-4-8-11(10-13)6-2-1-3-7-11/h1-9H2. The van der Waals surface area contributed by atoms with Crippen molar-refractivity contribution in [3.05, 3.63) is 0 Å². The first-order valence-corrected chi connectivity index (χ1v) is 5.84. The predicted octanol–water partition coefficient (Wildman–Crippen LogP) is 3.87. The molecule has 0 unspecified atom stereocenters. The van der Waals surface area contributed by atoms with Gasteiger partial charge < -0.3 is 0 Å². The van der Waals surface area contributed by atoms with Gasteiger partial charge in [0, 0.05) is 5.88 Å². The molecule has 13 heavy (non-hydrogen) atoms. The first-order chi connectivity index (χ1) is 6.33. The highest BCUT2D eigenvalue weighted by Gasteiger charge is 2.30. The van der Waals surface area contributed by atoms with Crippen molar-refractivity contribution in [2.24, 2.45) is 5.41 Å². The third kappa shape index (κ3) is 3.19. The largest absolute Gasteiger partial charge is 0.198 e. The second-order valence-corrected chi connectivity index (χ2v) is 4.48. The number of nitriles is 1. The minimum Gasteiger partial charge on any atom is -0.198 e. The van der Waals surface area contributed by atoms with E-state index >= 15 is 0 Å². The second-order valence-electron chi connectivity index (χ2n) is 4.10. The first kappa shape index (κ1) is 10.9. The zero-order valence-corrected chi connectivity index (χ0v) is 8.95. The van der Waals surface area contributed by atoms with E-state index in [-0.39, 0.29) is 5.41 Å². The summed E-state index contributed by atoms with van der Waals surface area (Å²) >= 11 is 5.62. The molecular weight excluding hydrogens is 182 g/mol. The van der Waals surface area contributed by atoms with E-state index in [0.29, 0.717) is 0 Å². The summed E-state index contributed by atoms with van der Waals surface area (Å²) in [7, 11) is 0. The Balaban J connectivity index is 2.35. The normalized spacial score (nSPS) is 20.9. The van der Waals surface area contributed by atoms with Crippen LogP contribution in [0.5, 0.6) is 0 Å². The second kappa shape index (κ2) is 5.50. The van der Waals surface area contributed by atoms with Crippen LogP contribution in [0.4, 0.5) is 0 Å². The average molecular weight is 200 g/mol. The van der Waals surface area contributed by atoms with Crippen LogP contribution in [0.2, 0.25) is 0 Å². The molecule has 74 valence electrons. The van der Waals surface area contributed by atoms with E-state index in [9.17, 15) is 0 Å². The van der Waals surface area contributed by atoms with Crippen LogP contribution in [-0.2, 0) is 0 Å². The van der Waals surface area contributed by atoms with E-state index in [0.717, 1.165) is 38.0 Å². The minimum atomic E-state index is 0.0182. The lowest BCUT2D eigenvalue weighted by molar-refractivity contribution is 0.243. The molecule has 0 bridgehead atoms. The van der Waals surface area contributed by atoms with Gasteiger partial charge in [-0.2, -0.15) is 5.26 Å². The van der Waals surface area contributed by atoms with Gasteiger partial charge in [0.05, 0.1) is 11.5 Å². The molecule has 0 aromatic heterocycles. The summed E-state index contributed by atoms with van der Waals surface area (Å²) in [5.74, 6) is 0.738. The van der Waals surface area contributed by atoms with E-state index in [2.05, 4.69) is 6.07 Å². The van der Waals surface area contributed by atoms with Gasteiger partial charge in [-0.1, -0.05) is 25.7 Å². The topological polar surface area (TPSA) is 23.8 Å². The lowest BCUT2D eigenvalue weighted by Crippen LogP contribution is -2.21. The van der Waals surface area contributed by atoms with Gasteiger partial charge >= 0.3 is 0 Å². The molecule has 1 aliphatic rings. The Bertz CT molecular complexity index is 177. The highest BCUT2D eigenvalue weighted by molar-refractivity contribution is 6.17. The molecule has 0 aromatic carbocycles. The molecule has 1 fully saturated rings. The molecule has 0 saturated heterocycles. The number of halogens is 1. The molecule has 1 saturated carbocycles. The maximum absolute atomic E-state index is 9.16. The molecule has 0 radical (unpaired) electrons. The highest BCUT2D eigenvalue weighted by atomic mass is 35.5. The minimum absolute atomic E-state index is 0.0182. The van der Waals surface area contributed by atoms with Crippen LogP contribution < -0.4 is 0 Å². The van der Waals surface area contributed by atoms with Crippen LogP contribution in [0, 0.1) is 16.7 Å². The molecular formula is C11H18ClN. The van der Waals surface area contributed by atoms with Gasteiger partial charge in [-0.3, -0.25) is 0 Å². The fourth-order valence-corrected chi connectivity index (χ4v) is 2.39. The molecule has 0 amide bonds. The Kier molecular flexibility index (Phi) is 4.59. The zero-order valence-electron chi connectivity index (χ0n) is 8.19. The van der Waals surface area contributed by atoms with Crippen molar-refractivity contribution < 1.29 is 0 Å². The number of unbranched alkanes of at least 4 members (excludes halogenated alkanes) is 1. The predicted molar refractivity (Wildman–Crippen MR) is 55.7 cm³/mol. The van der Waals surface area contributed by atoms with Crippen LogP contribution in [0.25, 0.3) is 0 Å². The fourth-order valence-electron chi connectivity index (χ4n) is 2.20. The molecule has 1 aliphatic carbocycles. The van der Waals surface area contributed by atoms with Crippen molar-refractivity contribution >= 4 is 11.6 Å². The van der Waals surface area contributed by atoms with Gasteiger partial charge in [-0.25, -0.2) is 0 Å². The van der Waals surface area contributed by atoms with E-state index in [4.69, 9.17) is 16.9 Å². The molecule has 0 atom stereocenters. The first-order valence-electron chi connectivity index (χ1n) is 5.30. The lowest BCUT2D eigenvalue weighted by atomic mass is 9.72. The Morgan fingerprint density at radius 1 is 1.15 bits per heavy atom. The van der Waals surface area contributed by atoms with Gasteiger partial charge in [0.1, 0.15) is 0 Å². The van der Waals surface area contributed by atoms with Crippen molar-refractivity contribution in [3.63, 3.8) is 0 Å². The lowest BCUT2D eigenvalue weighted by Gasteiger charge is -2.30. The zero-order chi connectivity index (χ0) is 9.57. The SMILES string of the molecule is N#CC1(CCCCCl)CCCCC1. The van der Waals surface area contributed by atoms with Gasteiger partial charge in [0.2, 0.25) is 0 Å². The average Bonchev–Trinajstić information content (AvgIpc) is 2.20. The van der Waals surface area contributed by atoms with Gasteiger partial charge in [-0.15, -0.1) is 11.6 Å². The highest BCUT2D eigenvalue weighted by Crippen LogP contribution is 2.39. The van der Waals surface area contributed by atoms with Crippen molar-refractivity contribution in [1.82, 2.24) is 0 Å². The van der Waals surface area contributed by atoms with E-state index in [1.165, 1.54) is 19.3 Å². The Morgan fingerprint density at radius 2 is 1.85 bits per heavy atom. The van der Waals surface area contributed by atoms with Crippen molar-refractivity contribution in [3.8, 4) is 6.07 Å². The molecule has 0 spiro atoms. The third-order valence-electron chi connectivity index (χ3n) is 3.09. The molecule has 0 aromatic rings. The molecule has 1 nitrogen and oxygen atoms in total. The Morgan fingerprint density at radius 3 is 2.38 bits per heavy atom. The summed E-state index contributed by atoms with van der Waals surface area (Å²) in [6.07, 6.45) is 9.29. The summed E-state index contributed by atoms with van der Waals surface area (Å²) in [6.45, 7) is 0. The van der Waals surface area contributed by atoms with Crippen LogP contribution in [0.1, 0.15) is 51.4 Å². The Hall–Kier alpha value is -0.220. The van der Waals surface area contributed by atoms with E-state index < -0.39 is 0 Å². The molecule has 0 N–H and O–H groups in total. The maximum atomic E-state index is 9.16. The molecule has 0 heterocycles. The Labute approximate surface area is 86.1 Å². The van der Waals surface area contributed by atoms with Crippen LogP contribution >= 0.6 is 11.6 Å².